The largest absolute Gasteiger partial charge is 0.481 e. The van der Waals surface area contributed by atoms with Crippen LogP contribution in [0.2, 0.25) is 0 Å². The molecule has 1 saturated heterocycles. The van der Waals surface area contributed by atoms with E-state index in [-0.39, 0.29) is 12.5 Å². The number of amides is 1. The number of carboxylic acids is 1. The van der Waals surface area contributed by atoms with Gasteiger partial charge in [-0.25, -0.2) is 4.98 Å². The van der Waals surface area contributed by atoms with Gasteiger partial charge < -0.3 is 14.6 Å². The highest BCUT2D eigenvalue weighted by Crippen LogP contribution is 2.24. The summed E-state index contributed by atoms with van der Waals surface area (Å²) in [4.78, 5) is 29.5. The van der Waals surface area contributed by atoms with Crippen molar-refractivity contribution in [1.29, 1.82) is 0 Å². The van der Waals surface area contributed by atoms with E-state index < -0.39 is 11.9 Å². The zero-order valence-electron chi connectivity index (χ0n) is 11.4. The van der Waals surface area contributed by atoms with Gasteiger partial charge in [0.1, 0.15) is 11.3 Å². The molecule has 0 aliphatic carbocycles. The highest BCUT2D eigenvalue weighted by Gasteiger charge is 2.32. The highest BCUT2D eigenvalue weighted by molar-refractivity contribution is 9.10. The molecular weight excluding hydrogens is 338 g/mol. The van der Waals surface area contributed by atoms with Crippen LogP contribution in [-0.2, 0) is 11.8 Å². The van der Waals surface area contributed by atoms with E-state index in [9.17, 15) is 9.59 Å². The fraction of sp³-hybridized carbons (Fsp3) is 0.357. The zero-order chi connectivity index (χ0) is 15.1. The van der Waals surface area contributed by atoms with Gasteiger partial charge in [-0.05, 0) is 34.5 Å². The number of hydrogen-bond acceptors (Lipinski definition) is 3. The molecule has 1 amide bonds. The molecule has 0 radical (unpaired) electrons. The Morgan fingerprint density at radius 1 is 1.43 bits per heavy atom. The van der Waals surface area contributed by atoms with E-state index in [1.54, 1.807) is 28.8 Å². The Labute approximate surface area is 129 Å². The van der Waals surface area contributed by atoms with Crippen LogP contribution >= 0.6 is 15.9 Å². The molecule has 1 unspecified atom stereocenters. The van der Waals surface area contributed by atoms with Crippen molar-refractivity contribution in [2.75, 3.05) is 13.1 Å². The number of hydrogen-bond donors (Lipinski definition) is 1. The molecule has 7 heteroatoms. The van der Waals surface area contributed by atoms with Gasteiger partial charge in [0.15, 0.2) is 0 Å². The predicted octanol–water partition coefficient (Wildman–Crippen LogP) is 1.88. The van der Waals surface area contributed by atoms with Crippen molar-refractivity contribution in [2.24, 2.45) is 13.0 Å². The van der Waals surface area contributed by atoms with Crippen LogP contribution in [0.25, 0.3) is 11.0 Å². The van der Waals surface area contributed by atoms with Gasteiger partial charge in [0, 0.05) is 36.2 Å². The second-order valence-corrected chi connectivity index (χ2v) is 6.15. The average Bonchev–Trinajstić information content (AvgIpc) is 3.03. The van der Waals surface area contributed by atoms with E-state index in [4.69, 9.17) is 5.11 Å². The molecule has 0 spiro atoms. The van der Waals surface area contributed by atoms with Crippen LogP contribution in [0, 0.1) is 5.92 Å². The van der Waals surface area contributed by atoms with Gasteiger partial charge in [-0.1, -0.05) is 0 Å². The number of fused-ring (bicyclic) bond motifs is 1. The maximum atomic E-state index is 12.6. The number of halogens is 1. The molecule has 0 bridgehead atoms. The number of carbonyl (C=O) groups is 2. The molecule has 2 aromatic heterocycles. The van der Waals surface area contributed by atoms with E-state index >= 15 is 0 Å². The minimum atomic E-state index is -0.840. The number of carboxylic acid groups (broad SMARTS) is 1. The first kappa shape index (κ1) is 14.1. The van der Waals surface area contributed by atoms with Crippen molar-refractivity contribution in [3.05, 3.63) is 28.5 Å². The smallest absolute Gasteiger partial charge is 0.308 e. The molecule has 1 aliphatic rings. The van der Waals surface area contributed by atoms with Crippen molar-refractivity contribution >= 4 is 38.8 Å². The van der Waals surface area contributed by atoms with E-state index in [0.717, 1.165) is 15.5 Å². The van der Waals surface area contributed by atoms with Gasteiger partial charge in [-0.2, -0.15) is 0 Å². The fourth-order valence-electron chi connectivity index (χ4n) is 2.71. The number of likely N-dealkylation sites (tertiary alicyclic amines) is 1. The fourth-order valence-corrected chi connectivity index (χ4v) is 3.05. The first-order valence-corrected chi connectivity index (χ1v) is 7.39. The lowest BCUT2D eigenvalue weighted by molar-refractivity contribution is -0.141. The number of rotatable bonds is 2. The second kappa shape index (κ2) is 5.14. The third kappa shape index (κ3) is 2.42. The molecule has 110 valence electrons. The van der Waals surface area contributed by atoms with E-state index in [1.807, 2.05) is 6.07 Å². The quantitative estimate of drug-likeness (QED) is 0.896. The van der Waals surface area contributed by atoms with Gasteiger partial charge in [-0.3, -0.25) is 9.59 Å². The summed E-state index contributed by atoms with van der Waals surface area (Å²) in [6.45, 7) is 0.751. The van der Waals surface area contributed by atoms with Crippen molar-refractivity contribution in [3.8, 4) is 0 Å². The van der Waals surface area contributed by atoms with Gasteiger partial charge >= 0.3 is 5.97 Å². The number of nitrogens with zero attached hydrogens (tertiary/aromatic N) is 3. The Kier molecular flexibility index (Phi) is 3.44. The minimum Gasteiger partial charge on any atom is -0.481 e. The van der Waals surface area contributed by atoms with Crippen LogP contribution < -0.4 is 0 Å². The monoisotopic (exact) mass is 351 g/mol. The third-order valence-electron chi connectivity index (χ3n) is 3.88. The Morgan fingerprint density at radius 2 is 2.19 bits per heavy atom. The lowest BCUT2D eigenvalue weighted by Crippen LogP contribution is -2.31. The summed E-state index contributed by atoms with van der Waals surface area (Å²) in [7, 11) is 1.79. The van der Waals surface area contributed by atoms with Gasteiger partial charge in [0.25, 0.3) is 5.91 Å². The van der Waals surface area contributed by atoms with Crippen molar-refractivity contribution in [3.63, 3.8) is 0 Å². The number of pyridine rings is 1. The molecule has 0 aromatic carbocycles. The maximum absolute atomic E-state index is 12.6. The van der Waals surface area contributed by atoms with Crippen LogP contribution in [0.15, 0.2) is 22.8 Å². The van der Waals surface area contributed by atoms with Crippen LogP contribution in [-0.4, -0.2) is 44.5 Å². The highest BCUT2D eigenvalue weighted by atomic mass is 79.9. The number of carbonyl (C=O) groups excluding carboxylic acids is 1. The van der Waals surface area contributed by atoms with Gasteiger partial charge in [0.05, 0.1) is 5.92 Å². The van der Waals surface area contributed by atoms with Crippen molar-refractivity contribution < 1.29 is 14.7 Å². The first-order valence-electron chi connectivity index (χ1n) is 6.60. The molecule has 2 aromatic rings. The Morgan fingerprint density at radius 3 is 2.86 bits per heavy atom. The lowest BCUT2D eigenvalue weighted by Gasteiger charge is -2.16. The molecule has 0 saturated carbocycles. The third-order valence-corrected chi connectivity index (χ3v) is 4.31. The van der Waals surface area contributed by atoms with Crippen molar-refractivity contribution in [1.82, 2.24) is 14.5 Å². The summed E-state index contributed by atoms with van der Waals surface area (Å²) in [6.07, 6.45) is 2.20. The molecule has 1 atom stereocenters. The zero-order valence-corrected chi connectivity index (χ0v) is 13.0. The van der Waals surface area contributed by atoms with E-state index in [1.165, 1.54) is 0 Å². The Bertz CT molecular complexity index is 740. The molecule has 3 rings (SSSR count). The average molecular weight is 352 g/mol. The van der Waals surface area contributed by atoms with Crippen molar-refractivity contribution in [2.45, 2.75) is 6.42 Å². The summed E-state index contributed by atoms with van der Waals surface area (Å²) in [5, 5.41) is 9.90. The summed E-state index contributed by atoms with van der Waals surface area (Å²) in [6, 6.07) is 3.70. The van der Waals surface area contributed by atoms with Crippen LogP contribution in [0.4, 0.5) is 0 Å². The van der Waals surface area contributed by atoms with Crippen LogP contribution in [0.5, 0.6) is 0 Å². The molecular formula is C14H14BrN3O3. The second-order valence-electron chi connectivity index (χ2n) is 5.23. The minimum absolute atomic E-state index is 0.143. The molecule has 1 aliphatic heterocycles. The number of aliphatic carboxylic acids is 1. The molecule has 21 heavy (non-hydrogen) atoms. The SMILES string of the molecule is Cn1c(C(=O)N2CCC(C(=O)O)C2)cc2cc(Br)cnc21. The normalized spacial score (nSPS) is 18.4. The standard InChI is InChI=1S/C14H14BrN3O3/c1-17-11(5-9-4-10(15)6-16-12(9)17)13(19)18-3-2-8(7-18)14(20)21/h4-6,8H,2-3,7H2,1H3,(H,20,21). The Hall–Kier alpha value is -1.89. The van der Waals surface area contributed by atoms with Gasteiger partial charge in [0.2, 0.25) is 0 Å². The van der Waals surface area contributed by atoms with E-state index in [0.29, 0.717) is 18.7 Å². The van der Waals surface area contributed by atoms with Crippen LogP contribution in [0.3, 0.4) is 0 Å². The summed E-state index contributed by atoms with van der Waals surface area (Å²) in [5.41, 5.74) is 1.26. The number of aryl methyl sites for hydroxylation is 1. The predicted molar refractivity (Wildman–Crippen MR) is 80.1 cm³/mol. The molecule has 3 heterocycles. The molecule has 6 nitrogen and oxygen atoms in total. The summed E-state index contributed by atoms with van der Waals surface area (Å²) in [5.74, 6) is -1.45. The molecule has 1 fully saturated rings. The topological polar surface area (TPSA) is 75.4 Å². The Balaban J connectivity index is 1.92. The summed E-state index contributed by atoms with van der Waals surface area (Å²) < 4.78 is 2.60. The van der Waals surface area contributed by atoms with E-state index in [2.05, 4.69) is 20.9 Å². The van der Waals surface area contributed by atoms with Gasteiger partial charge in [-0.15, -0.1) is 0 Å². The number of aromatic nitrogens is 2. The summed E-state index contributed by atoms with van der Waals surface area (Å²) >= 11 is 3.36. The molecule has 1 N–H and O–H groups in total. The van der Waals surface area contributed by atoms with Crippen LogP contribution in [0.1, 0.15) is 16.9 Å². The first-order chi connectivity index (χ1) is 9.97. The lowest BCUT2D eigenvalue weighted by atomic mass is 10.1. The maximum Gasteiger partial charge on any atom is 0.308 e.